The Kier molecular flexibility index (Phi) is 5.50. The lowest BCUT2D eigenvalue weighted by molar-refractivity contribution is -0.126. The maximum absolute atomic E-state index is 12.3. The van der Waals surface area contributed by atoms with Gasteiger partial charge in [0.1, 0.15) is 6.04 Å². The van der Waals surface area contributed by atoms with E-state index in [0.717, 1.165) is 16.3 Å². The summed E-state index contributed by atoms with van der Waals surface area (Å²) in [6.45, 7) is 7.17. The molecule has 1 aromatic carbocycles. The van der Waals surface area contributed by atoms with Gasteiger partial charge in [0.2, 0.25) is 11.8 Å². The van der Waals surface area contributed by atoms with Gasteiger partial charge in [-0.2, -0.15) is 0 Å². The molecule has 0 spiro atoms. The number of hydrogen-bond acceptors (Lipinski definition) is 4. The van der Waals surface area contributed by atoms with Crippen molar-refractivity contribution in [2.24, 2.45) is 5.92 Å². The van der Waals surface area contributed by atoms with Crippen LogP contribution in [0.25, 0.3) is 11.3 Å². The summed E-state index contributed by atoms with van der Waals surface area (Å²) in [7, 11) is 0. The summed E-state index contributed by atoms with van der Waals surface area (Å²) in [5, 5.41) is 8.55. The van der Waals surface area contributed by atoms with E-state index >= 15 is 0 Å². The van der Waals surface area contributed by atoms with Crippen LogP contribution in [0.2, 0.25) is 0 Å². The van der Waals surface area contributed by atoms with Gasteiger partial charge in [0.05, 0.1) is 10.7 Å². The van der Waals surface area contributed by atoms with Gasteiger partial charge in [-0.3, -0.25) is 9.59 Å². The van der Waals surface area contributed by atoms with Gasteiger partial charge in [0.15, 0.2) is 0 Å². The molecule has 5 nitrogen and oxygen atoms in total. The molecule has 0 saturated heterocycles. The fourth-order valence-electron chi connectivity index (χ4n) is 2.19. The first kappa shape index (κ1) is 17.1. The lowest BCUT2D eigenvalue weighted by atomic mass is 10.0. The van der Waals surface area contributed by atoms with E-state index in [1.165, 1.54) is 6.92 Å². The highest BCUT2D eigenvalue weighted by Gasteiger charge is 2.22. The maximum atomic E-state index is 12.3. The van der Waals surface area contributed by atoms with Gasteiger partial charge < -0.3 is 10.6 Å². The minimum absolute atomic E-state index is 0.0103. The highest BCUT2D eigenvalue weighted by molar-refractivity contribution is 7.09. The molecule has 1 atom stereocenters. The number of anilines is 1. The lowest BCUT2D eigenvalue weighted by Gasteiger charge is -2.21. The van der Waals surface area contributed by atoms with Crippen LogP contribution >= 0.6 is 11.3 Å². The predicted molar refractivity (Wildman–Crippen MR) is 93.4 cm³/mol. The summed E-state index contributed by atoms with van der Waals surface area (Å²) in [5.41, 5.74) is 2.64. The fourth-order valence-corrected chi connectivity index (χ4v) is 2.82. The van der Waals surface area contributed by atoms with E-state index < -0.39 is 6.04 Å². The van der Waals surface area contributed by atoms with Gasteiger partial charge in [-0.15, -0.1) is 11.3 Å². The van der Waals surface area contributed by atoms with Crippen molar-refractivity contribution < 1.29 is 9.59 Å². The fraction of sp³-hybridized carbons (Fsp3) is 0.353. The Morgan fingerprint density at radius 2 is 1.83 bits per heavy atom. The van der Waals surface area contributed by atoms with Gasteiger partial charge in [-0.25, -0.2) is 4.98 Å². The highest BCUT2D eigenvalue weighted by Crippen LogP contribution is 2.23. The van der Waals surface area contributed by atoms with E-state index in [9.17, 15) is 9.59 Å². The molecule has 23 heavy (non-hydrogen) atoms. The van der Waals surface area contributed by atoms with Gasteiger partial charge >= 0.3 is 0 Å². The number of aryl methyl sites for hydroxylation is 1. The summed E-state index contributed by atoms with van der Waals surface area (Å²) >= 11 is 1.61. The number of nitrogens with zero attached hydrogens (tertiary/aromatic N) is 1. The first-order chi connectivity index (χ1) is 10.9. The molecule has 0 bridgehead atoms. The number of nitrogens with one attached hydrogen (secondary N) is 2. The van der Waals surface area contributed by atoms with Gasteiger partial charge in [0.25, 0.3) is 0 Å². The van der Waals surface area contributed by atoms with Crippen LogP contribution in [-0.4, -0.2) is 22.8 Å². The number of rotatable bonds is 5. The molecule has 2 aromatic rings. The molecule has 0 fully saturated rings. The van der Waals surface area contributed by atoms with Crippen molar-refractivity contribution in [2.45, 2.75) is 33.7 Å². The number of hydrogen-bond donors (Lipinski definition) is 2. The molecule has 2 N–H and O–H groups in total. The Morgan fingerprint density at radius 3 is 2.30 bits per heavy atom. The van der Waals surface area contributed by atoms with Crippen LogP contribution in [0.5, 0.6) is 0 Å². The molecule has 1 heterocycles. The van der Waals surface area contributed by atoms with Crippen LogP contribution in [0.4, 0.5) is 5.69 Å². The van der Waals surface area contributed by atoms with E-state index in [1.54, 1.807) is 11.3 Å². The van der Waals surface area contributed by atoms with Crippen LogP contribution in [0.1, 0.15) is 25.8 Å². The molecule has 0 saturated carbocycles. The first-order valence-electron chi connectivity index (χ1n) is 7.47. The van der Waals surface area contributed by atoms with Crippen molar-refractivity contribution in [1.82, 2.24) is 10.3 Å². The molecule has 0 radical (unpaired) electrons. The van der Waals surface area contributed by atoms with E-state index in [1.807, 2.05) is 50.4 Å². The highest BCUT2D eigenvalue weighted by atomic mass is 32.1. The zero-order valence-electron chi connectivity index (χ0n) is 13.7. The summed E-state index contributed by atoms with van der Waals surface area (Å²) in [6.07, 6.45) is 0. The number of benzene rings is 1. The topological polar surface area (TPSA) is 71.1 Å². The van der Waals surface area contributed by atoms with Crippen molar-refractivity contribution >= 4 is 28.8 Å². The summed E-state index contributed by atoms with van der Waals surface area (Å²) in [6, 6.07) is 6.98. The molecule has 2 amide bonds. The molecule has 0 aliphatic carbocycles. The Morgan fingerprint density at radius 1 is 1.17 bits per heavy atom. The number of carbonyl (C=O) groups excluding carboxylic acids is 2. The molecule has 6 heteroatoms. The van der Waals surface area contributed by atoms with Crippen molar-refractivity contribution in [3.05, 3.63) is 34.7 Å². The molecule has 0 aliphatic rings. The lowest BCUT2D eigenvalue weighted by Crippen LogP contribution is -2.46. The molecule has 1 aromatic heterocycles. The SMILES string of the molecule is CC(=O)N[C@H](C(=O)Nc1ccc(-c2csc(C)n2)cc1)C(C)C. The summed E-state index contributed by atoms with van der Waals surface area (Å²) < 4.78 is 0. The van der Waals surface area contributed by atoms with Gasteiger partial charge in [-0.05, 0) is 25.0 Å². The van der Waals surface area contributed by atoms with Crippen LogP contribution in [-0.2, 0) is 9.59 Å². The molecular weight excluding hydrogens is 310 g/mol. The Bertz CT molecular complexity index is 692. The van der Waals surface area contributed by atoms with Crippen molar-refractivity contribution in [1.29, 1.82) is 0 Å². The third kappa shape index (κ3) is 4.63. The average molecular weight is 331 g/mol. The minimum Gasteiger partial charge on any atom is -0.344 e. The molecule has 0 aliphatic heterocycles. The zero-order chi connectivity index (χ0) is 17.0. The summed E-state index contributed by atoms with van der Waals surface area (Å²) in [5.74, 6) is -0.420. The predicted octanol–water partition coefficient (Wildman–Crippen LogP) is 3.22. The molecule has 0 unspecified atom stereocenters. The molecule has 2 rings (SSSR count). The third-order valence-corrected chi connectivity index (χ3v) is 4.15. The summed E-state index contributed by atoms with van der Waals surface area (Å²) in [4.78, 5) is 28.0. The smallest absolute Gasteiger partial charge is 0.247 e. The first-order valence-corrected chi connectivity index (χ1v) is 8.35. The quantitative estimate of drug-likeness (QED) is 0.884. The van der Waals surface area contributed by atoms with Crippen LogP contribution in [0.3, 0.4) is 0 Å². The third-order valence-electron chi connectivity index (χ3n) is 3.38. The standard InChI is InChI=1S/C17H21N3O2S/c1-10(2)16(18-11(3)21)17(22)20-14-7-5-13(6-8-14)15-9-23-12(4)19-15/h5-10,16H,1-4H3,(H,18,21)(H,20,22)/t16-/m0/s1. The van der Waals surface area contributed by atoms with Crippen LogP contribution in [0.15, 0.2) is 29.6 Å². The van der Waals surface area contributed by atoms with Crippen molar-refractivity contribution in [2.75, 3.05) is 5.32 Å². The van der Waals surface area contributed by atoms with E-state index in [4.69, 9.17) is 0 Å². The van der Waals surface area contributed by atoms with E-state index in [-0.39, 0.29) is 17.7 Å². The van der Waals surface area contributed by atoms with Gasteiger partial charge in [-0.1, -0.05) is 26.0 Å². The zero-order valence-corrected chi connectivity index (χ0v) is 14.5. The second kappa shape index (κ2) is 7.37. The Hall–Kier alpha value is -2.21. The average Bonchev–Trinajstić information content (AvgIpc) is 2.91. The second-order valence-corrected chi connectivity index (χ2v) is 6.80. The maximum Gasteiger partial charge on any atom is 0.247 e. The minimum atomic E-state index is -0.548. The Balaban J connectivity index is 2.07. The Labute approximate surface area is 140 Å². The molecule has 122 valence electrons. The monoisotopic (exact) mass is 331 g/mol. The van der Waals surface area contributed by atoms with Crippen LogP contribution < -0.4 is 10.6 Å². The largest absolute Gasteiger partial charge is 0.344 e. The number of aromatic nitrogens is 1. The molecular formula is C17H21N3O2S. The second-order valence-electron chi connectivity index (χ2n) is 5.74. The number of thiazole rings is 1. The number of amides is 2. The van der Waals surface area contributed by atoms with Crippen LogP contribution in [0, 0.1) is 12.8 Å². The normalized spacial score (nSPS) is 12.0. The van der Waals surface area contributed by atoms with E-state index in [2.05, 4.69) is 15.6 Å². The van der Waals surface area contributed by atoms with Crippen molar-refractivity contribution in [3.63, 3.8) is 0 Å². The number of carbonyl (C=O) groups is 2. The van der Waals surface area contributed by atoms with Crippen molar-refractivity contribution in [3.8, 4) is 11.3 Å². The van der Waals surface area contributed by atoms with E-state index in [0.29, 0.717) is 5.69 Å². The van der Waals surface area contributed by atoms with Gasteiger partial charge in [0, 0.05) is 23.6 Å².